The molecule has 0 fully saturated rings. The van der Waals surface area contributed by atoms with Crippen molar-refractivity contribution in [3.63, 3.8) is 0 Å². The number of benzene rings is 1. The van der Waals surface area contributed by atoms with Crippen molar-refractivity contribution in [3.05, 3.63) is 29.8 Å². The van der Waals surface area contributed by atoms with E-state index in [-0.39, 0.29) is 19.0 Å². The minimum atomic E-state index is -1.45. The van der Waals surface area contributed by atoms with Gasteiger partial charge in [-0.25, -0.2) is 9.59 Å². The predicted molar refractivity (Wildman–Crippen MR) is 76.4 cm³/mol. The molecule has 0 saturated carbocycles. The number of ether oxygens (including phenoxy) is 1. The van der Waals surface area contributed by atoms with Crippen molar-refractivity contribution < 1.29 is 24.5 Å². The van der Waals surface area contributed by atoms with Crippen LogP contribution in [0.3, 0.4) is 0 Å². The molecule has 7 heteroatoms. The number of carbonyl (C=O) groups is 2. The SMILES string of the molecule is COc1ccc(CCNC(=O)NCCC(O)C(=O)O)cc1. The van der Waals surface area contributed by atoms with Crippen LogP contribution in [0.2, 0.25) is 0 Å². The largest absolute Gasteiger partial charge is 0.497 e. The Morgan fingerprint density at radius 1 is 1.19 bits per heavy atom. The highest BCUT2D eigenvalue weighted by atomic mass is 16.5. The van der Waals surface area contributed by atoms with Gasteiger partial charge < -0.3 is 25.6 Å². The molecule has 0 saturated heterocycles. The summed E-state index contributed by atoms with van der Waals surface area (Å²) < 4.78 is 5.05. The first kappa shape index (κ1) is 16.8. The summed E-state index contributed by atoms with van der Waals surface area (Å²) in [5, 5.41) is 22.6. The molecule has 2 amide bonds. The highest BCUT2D eigenvalue weighted by Gasteiger charge is 2.12. The number of aliphatic hydroxyl groups is 1. The molecule has 1 atom stereocenters. The molecule has 1 aromatic carbocycles. The normalized spacial score (nSPS) is 11.5. The summed E-state index contributed by atoms with van der Waals surface area (Å²) >= 11 is 0. The highest BCUT2D eigenvalue weighted by Crippen LogP contribution is 2.11. The fourth-order valence-corrected chi connectivity index (χ4v) is 1.62. The maximum absolute atomic E-state index is 11.4. The maximum Gasteiger partial charge on any atom is 0.332 e. The van der Waals surface area contributed by atoms with Crippen LogP contribution in [0.15, 0.2) is 24.3 Å². The summed E-state index contributed by atoms with van der Waals surface area (Å²) in [6.45, 7) is 0.557. The van der Waals surface area contributed by atoms with Crippen LogP contribution in [0.25, 0.3) is 0 Å². The molecule has 0 aliphatic rings. The topological polar surface area (TPSA) is 108 Å². The second-order valence-corrected chi connectivity index (χ2v) is 4.42. The zero-order valence-corrected chi connectivity index (χ0v) is 11.8. The first-order valence-electron chi connectivity index (χ1n) is 6.58. The van der Waals surface area contributed by atoms with Crippen molar-refractivity contribution >= 4 is 12.0 Å². The van der Waals surface area contributed by atoms with Crippen LogP contribution in [-0.4, -0.2) is 48.5 Å². The fraction of sp³-hybridized carbons (Fsp3) is 0.429. The number of carboxylic acids is 1. The molecule has 1 rings (SSSR count). The number of hydrogen-bond donors (Lipinski definition) is 4. The summed E-state index contributed by atoms with van der Waals surface area (Å²) in [5.74, 6) is -0.516. The lowest BCUT2D eigenvalue weighted by Crippen LogP contribution is -2.38. The molecule has 1 unspecified atom stereocenters. The van der Waals surface area contributed by atoms with Gasteiger partial charge in [0.2, 0.25) is 0 Å². The fourth-order valence-electron chi connectivity index (χ4n) is 1.62. The summed E-state index contributed by atoms with van der Waals surface area (Å²) in [6, 6.07) is 7.15. The molecular weight excluding hydrogens is 276 g/mol. The number of aliphatic carboxylic acids is 1. The Morgan fingerprint density at radius 2 is 1.81 bits per heavy atom. The second kappa shape index (κ2) is 8.80. The molecule has 0 aliphatic carbocycles. The van der Waals surface area contributed by atoms with E-state index in [9.17, 15) is 9.59 Å². The number of methoxy groups -OCH3 is 1. The summed E-state index contributed by atoms with van der Waals surface area (Å²) in [5.41, 5.74) is 1.07. The van der Waals surface area contributed by atoms with Gasteiger partial charge >= 0.3 is 12.0 Å². The van der Waals surface area contributed by atoms with Gasteiger partial charge in [-0.15, -0.1) is 0 Å². The Hall–Kier alpha value is -2.28. The van der Waals surface area contributed by atoms with E-state index in [0.717, 1.165) is 11.3 Å². The van der Waals surface area contributed by atoms with Crippen molar-refractivity contribution in [1.29, 1.82) is 0 Å². The van der Waals surface area contributed by atoms with Crippen molar-refractivity contribution in [2.24, 2.45) is 0 Å². The molecule has 7 nitrogen and oxygen atoms in total. The first-order valence-corrected chi connectivity index (χ1v) is 6.58. The van der Waals surface area contributed by atoms with E-state index < -0.39 is 12.1 Å². The van der Waals surface area contributed by atoms with Gasteiger partial charge in [-0.2, -0.15) is 0 Å². The van der Waals surface area contributed by atoms with Crippen molar-refractivity contribution in [2.45, 2.75) is 18.9 Å². The summed E-state index contributed by atoms with van der Waals surface area (Å²) in [6.07, 6.45) is -0.805. The standard InChI is InChI=1S/C14H20N2O5/c1-21-11-4-2-10(3-5-11)6-8-15-14(20)16-9-7-12(17)13(18)19/h2-5,12,17H,6-9H2,1H3,(H,18,19)(H2,15,16,20). The van der Waals surface area contributed by atoms with Crippen LogP contribution in [0.1, 0.15) is 12.0 Å². The Labute approximate surface area is 122 Å². The minimum absolute atomic E-state index is 0.0266. The predicted octanol–water partition coefficient (Wildman–Crippen LogP) is 0.373. The molecule has 0 aliphatic heterocycles. The summed E-state index contributed by atoms with van der Waals surface area (Å²) in [4.78, 5) is 21.8. The molecule has 0 bridgehead atoms. The Balaban J connectivity index is 2.16. The smallest absolute Gasteiger partial charge is 0.332 e. The molecule has 0 spiro atoms. The van der Waals surface area contributed by atoms with Gasteiger partial charge in [0.15, 0.2) is 6.10 Å². The molecule has 21 heavy (non-hydrogen) atoms. The Morgan fingerprint density at radius 3 is 2.38 bits per heavy atom. The third-order valence-electron chi connectivity index (χ3n) is 2.85. The molecule has 4 N–H and O–H groups in total. The lowest BCUT2D eigenvalue weighted by Gasteiger charge is -2.09. The van der Waals surface area contributed by atoms with Gasteiger partial charge in [-0.1, -0.05) is 12.1 Å². The highest BCUT2D eigenvalue weighted by molar-refractivity contribution is 5.74. The van der Waals surface area contributed by atoms with Gasteiger partial charge in [-0.05, 0) is 24.1 Å². The average molecular weight is 296 g/mol. The third-order valence-corrected chi connectivity index (χ3v) is 2.85. The zero-order valence-electron chi connectivity index (χ0n) is 11.8. The number of aliphatic hydroxyl groups excluding tert-OH is 1. The van der Waals surface area contributed by atoms with E-state index in [1.807, 2.05) is 24.3 Å². The van der Waals surface area contributed by atoms with Crippen LogP contribution < -0.4 is 15.4 Å². The Kier molecular flexibility index (Phi) is 7.03. The average Bonchev–Trinajstić information content (AvgIpc) is 2.47. The summed E-state index contributed by atoms with van der Waals surface area (Å²) in [7, 11) is 1.60. The first-order chi connectivity index (χ1) is 10.0. The maximum atomic E-state index is 11.4. The molecule has 116 valence electrons. The molecule has 0 aromatic heterocycles. The number of urea groups is 1. The molecule has 1 aromatic rings. The minimum Gasteiger partial charge on any atom is -0.497 e. The number of rotatable bonds is 8. The van der Waals surface area contributed by atoms with E-state index in [1.165, 1.54) is 0 Å². The van der Waals surface area contributed by atoms with Crippen LogP contribution in [0, 0.1) is 0 Å². The van der Waals surface area contributed by atoms with Crippen LogP contribution in [-0.2, 0) is 11.2 Å². The lowest BCUT2D eigenvalue weighted by molar-refractivity contribution is -0.146. The number of hydrogen-bond acceptors (Lipinski definition) is 4. The number of amides is 2. The van der Waals surface area contributed by atoms with E-state index in [4.69, 9.17) is 14.9 Å². The number of nitrogens with one attached hydrogen (secondary N) is 2. The van der Waals surface area contributed by atoms with Crippen molar-refractivity contribution in [3.8, 4) is 5.75 Å². The zero-order chi connectivity index (χ0) is 15.7. The van der Waals surface area contributed by atoms with Crippen LogP contribution in [0.4, 0.5) is 4.79 Å². The lowest BCUT2D eigenvalue weighted by atomic mass is 10.1. The second-order valence-electron chi connectivity index (χ2n) is 4.42. The van der Waals surface area contributed by atoms with Crippen molar-refractivity contribution in [1.82, 2.24) is 10.6 Å². The van der Waals surface area contributed by atoms with Gasteiger partial charge in [0.25, 0.3) is 0 Å². The van der Waals surface area contributed by atoms with Crippen LogP contribution >= 0.6 is 0 Å². The molecular formula is C14H20N2O5. The molecule has 0 heterocycles. The van der Waals surface area contributed by atoms with Crippen LogP contribution in [0.5, 0.6) is 5.75 Å². The van der Waals surface area contributed by atoms with Gasteiger partial charge in [0.1, 0.15) is 5.75 Å². The van der Waals surface area contributed by atoms with Gasteiger partial charge in [0, 0.05) is 19.5 Å². The monoisotopic (exact) mass is 296 g/mol. The Bertz CT molecular complexity index is 461. The van der Waals surface area contributed by atoms with E-state index in [2.05, 4.69) is 10.6 Å². The van der Waals surface area contributed by atoms with E-state index in [1.54, 1.807) is 7.11 Å². The van der Waals surface area contributed by atoms with Gasteiger partial charge in [0.05, 0.1) is 7.11 Å². The van der Waals surface area contributed by atoms with Gasteiger partial charge in [-0.3, -0.25) is 0 Å². The number of carbonyl (C=O) groups excluding carboxylic acids is 1. The third kappa shape index (κ3) is 6.62. The molecule has 0 radical (unpaired) electrons. The van der Waals surface area contributed by atoms with E-state index >= 15 is 0 Å². The quantitative estimate of drug-likeness (QED) is 0.554. The van der Waals surface area contributed by atoms with Crippen molar-refractivity contribution in [2.75, 3.05) is 20.2 Å². The number of carboxylic acid groups (broad SMARTS) is 1. The van der Waals surface area contributed by atoms with E-state index in [0.29, 0.717) is 13.0 Å².